The number of nitrogens with zero attached hydrogens (tertiary/aromatic N) is 2. The number of halogens is 1. The number of carbonyl (C=O) groups excluding carboxylic acids is 3. The summed E-state index contributed by atoms with van der Waals surface area (Å²) in [7, 11) is 0. The molecule has 0 radical (unpaired) electrons. The van der Waals surface area contributed by atoms with Crippen LogP contribution in [0.3, 0.4) is 0 Å². The van der Waals surface area contributed by atoms with Crippen LogP contribution in [0.15, 0.2) is 42.5 Å². The maximum Gasteiger partial charge on any atom is 0.317 e. The maximum absolute atomic E-state index is 13.3. The van der Waals surface area contributed by atoms with E-state index in [-0.39, 0.29) is 41.7 Å². The van der Waals surface area contributed by atoms with Crippen molar-refractivity contribution in [2.45, 2.75) is 52.1 Å². The molecule has 0 unspecified atom stereocenters. The highest BCUT2D eigenvalue weighted by Gasteiger charge is 2.28. The van der Waals surface area contributed by atoms with Gasteiger partial charge in [-0.3, -0.25) is 9.59 Å². The molecular weight excluding hydrogens is 473 g/mol. The summed E-state index contributed by atoms with van der Waals surface area (Å²) in [6, 6.07) is 11.3. The minimum atomic E-state index is -0.331. The second-order valence-electron chi connectivity index (χ2n) is 10.8. The molecule has 198 valence electrons. The fraction of sp³-hybridized carbons (Fsp3) is 0.464. The van der Waals surface area contributed by atoms with Crippen LogP contribution in [0.2, 0.25) is 0 Å². The molecule has 37 heavy (non-hydrogen) atoms. The summed E-state index contributed by atoms with van der Waals surface area (Å²) in [5, 5.41) is 8.86. The van der Waals surface area contributed by atoms with Gasteiger partial charge in [0, 0.05) is 55.6 Å². The highest BCUT2D eigenvalue weighted by atomic mass is 19.1. The standard InChI is InChI=1S/C28H36FN5O3/c1-28(2,3)32-27(37)34-15-13-33(14-16-34)24-12-11-22(31-25(35)20-5-4-6-20)17-23(24)26(36)30-18-19-7-9-21(29)10-8-19/h7-12,17,20H,4-6,13-16,18H2,1-3H3,(H,30,36)(H,31,35)(H,32,37). The van der Waals surface area contributed by atoms with Gasteiger partial charge in [-0.2, -0.15) is 0 Å². The molecule has 8 nitrogen and oxygen atoms in total. The number of benzene rings is 2. The van der Waals surface area contributed by atoms with Crippen molar-refractivity contribution in [1.29, 1.82) is 0 Å². The molecule has 2 aromatic rings. The fourth-order valence-corrected chi connectivity index (χ4v) is 4.42. The van der Waals surface area contributed by atoms with Gasteiger partial charge < -0.3 is 25.8 Å². The van der Waals surface area contributed by atoms with Gasteiger partial charge in [-0.15, -0.1) is 0 Å². The van der Waals surface area contributed by atoms with Crippen LogP contribution in [0.4, 0.5) is 20.6 Å². The van der Waals surface area contributed by atoms with E-state index in [1.807, 2.05) is 32.9 Å². The zero-order valence-electron chi connectivity index (χ0n) is 21.8. The lowest BCUT2D eigenvalue weighted by Crippen LogP contribution is -2.55. The van der Waals surface area contributed by atoms with Gasteiger partial charge in [0.25, 0.3) is 5.91 Å². The van der Waals surface area contributed by atoms with E-state index >= 15 is 0 Å². The molecule has 1 aliphatic heterocycles. The number of amides is 4. The highest BCUT2D eigenvalue weighted by Crippen LogP contribution is 2.30. The molecule has 3 N–H and O–H groups in total. The van der Waals surface area contributed by atoms with Gasteiger partial charge >= 0.3 is 6.03 Å². The van der Waals surface area contributed by atoms with Crippen molar-refractivity contribution in [2.24, 2.45) is 5.92 Å². The number of carbonyl (C=O) groups is 3. The van der Waals surface area contributed by atoms with Gasteiger partial charge in [-0.1, -0.05) is 18.6 Å². The summed E-state index contributed by atoms with van der Waals surface area (Å²) in [4.78, 5) is 42.3. The molecule has 2 fully saturated rings. The number of anilines is 2. The predicted octanol–water partition coefficient (Wildman–Crippen LogP) is 4.12. The van der Waals surface area contributed by atoms with Crippen molar-refractivity contribution in [3.63, 3.8) is 0 Å². The summed E-state index contributed by atoms with van der Waals surface area (Å²) in [5.41, 5.74) is 2.24. The normalized spacial score (nSPS) is 16.1. The quantitative estimate of drug-likeness (QED) is 0.546. The fourth-order valence-electron chi connectivity index (χ4n) is 4.42. The van der Waals surface area contributed by atoms with Gasteiger partial charge in [0.2, 0.25) is 5.91 Å². The van der Waals surface area contributed by atoms with Crippen LogP contribution in [-0.2, 0) is 11.3 Å². The molecule has 1 saturated heterocycles. The topological polar surface area (TPSA) is 93.8 Å². The molecule has 1 heterocycles. The van der Waals surface area contributed by atoms with Crippen LogP contribution >= 0.6 is 0 Å². The molecule has 2 aromatic carbocycles. The molecule has 0 aromatic heterocycles. The first-order valence-electron chi connectivity index (χ1n) is 12.9. The first kappa shape index (κ1) is 26.4. The van der Waals surface area contributed by atoms with Crippen molar-refractivity contribution < 1.29 is 18.8 Å². The first-order valence-corrected chi connectivity index (χ1v) is 12.9. The van der Waals surface area contributed by atoms with E-state index in [1.54, 1.807) is 23.1 Å². The molecule has 0 atom stereocenters. The second kappa shape index (κ2) is 11.2. The van der Waals surface area contributed by atoms with Crippen molar-refractivity contribution in [1.82, 2.24) is 15.5 Å². The Labute approximate surface area is 217 Å². The largest absolute Gasteiger partial charge is 0.367 e. The minimum absolute atomic E-state index is 0.0184. The Balaban J connectivity index is 1.49. The summed E-state index contributed by atoms with van der Waals surface area (Å²) in [6.07, 6.45) is 2.85. The minimum Gasteiger partial charge on any atom is -0.367 e. The number of urea groups is 1. The number of rotatable bonds is 6. The van der Waals surface area contributed by atoms with Gasteiger partial charge in [-0.05, 0) is 69.5 Å². The Morgan fingerprint density at radius 2 is 1.65 bits per heavy atom. The van der Waals surface area contributed by atoms with Crippen LogP contribution in [-0.4, -0.2) is 54.5 Å². The zero-order chi connectivity index (χ0) is 26.6. The van der Waals surface area contributed by atoms with Crippen LogP contribution < -0.4 is 20.9 Å². The summed E-state index contributed by atoms with van der Waals surface area (Å²) in [5.74, 6) is -0.604. The molecule has 1 saturated carbocycles. The Hall–Kier alpha value is -3.62. The van der Waals surface area contributed by atoms with Gasteiger partial charge in [0.05, 0.1) is 5.56 Å². The third kappa shape index (κ3) is 6.99. The van der Waals surface area contributed by atoms with Gasteiger partial charge in [0.1, 0.15) is 5.82 Å². The zero-order valence-corrected chi connectivity index (χ0v) is 21.8. The summed E-state index contributed by atoms with van der Waals surface area (Å²) in [6.45, 7) is 8.29. The SMILES string of the molecule is CC(C)(C)NC(=O)N1CCN(c2ccc(NC(=O)C3CCC3)cc2C(=O)NCc2ccc(F)cc2)CC1. The average molecular weight is 510 g/mol. The number of hydrogen-bond donors (Lipinski definition) is 3. The third-order valence-corrected chi connectivity index (χ3v) is 6.74. The predicted molar refractivity (Wildman–Crippen MR) is 142 cm³/mol. The molecule has 4 amide bonds. The molecule has 9 heteroatoms. The van der Waals surface area contributed by atoms with Gasteiger partial charge in [0.15, 0.2) is 0 Å². The molecular formula is C28H36FN5O3. The maximum atomic E-state index is 13.3. The lowest BCUT2D eigenvalue weighted by atomic mass is 9.85. The molecule has 1 aliphatic carbocycles. The Bertz CT molecular complexity index is 1130. The summed E-state index contributed by atoms with van der Waals surface area (Å²) >= 11 is 0. The molecule has 2 aliphatic rings. The number of nitrogens with one attached hydrogen (secondary N) is 3. The summed E-state index contributed by atoms with van der Waals surface area (Å²) < 4.78 is 13.2. The van der Waals surface area contributed by atoms with Crippen LogP contribution in [0.1, 0.15) is 56.0 Å². The average Bonchev–Trinajstić information content (AvgIpc) is 2.81. The van der Waals surface area contributed by atoms with Crippen molar-refractivity contribution in [3.05, 3.63) is 59.4 Å². The monoisotopic (exact) mass is 509 g/mol. The lowest BCUT2D eigenvalue weighted by molar-refractivity contribution is -0.122. The van der Waals surface area contributed by atoms with Crippen molar-refractivity contribution in [3.8, 4) is 0 Å². The second-order valence-corrected chi connectivity index (χ2v) is 10.8. The number of hydrogen-bond acceptors (Lipinski definition) is 4. The lowest BCUT2D eigenvalue weighted by Gasteiger charge is -2.38. The van der Waals surface area contributed by atoms with E-state index in [0.29, 0.717) is 37.4 Å². The van der Waals surface area contributed by atoms with E-state index in [1.165, 1.54) is 12.1 Å². The van der Waals surface area contributed by atoms with E-state index < -0.39 is 0 Å². The first-order chi connectivity index (χ1) is 17.6. The van der Waals surface area contributed by atoms with Crippen molar-refractivity contribution >= 4 is 29.2 Å². The van der Waals surface area contributed by atoms with E-state index in [2.05, 4.69) is 20.9 Å². The van der Waals surface area contributed by atoms with E-state index in [0.717, 1.165) is 30.5 Å². The van der Waals surface area contributed by atoms with Crippen LogP contribution in [0, 0.1) is 11.7 Å². The van der Waals surface area contributed by atoms with Crippen LogP contribution in [0.25, 0.3) is 0 Å². The molecule has 4 rings (SSSR count). The Kier molecular flexibility index (Phi) is 8.00. The van der Waals surface area contributed by atoms with Gasteiger partial charge in [-0.25, -0.2) is 9.18 Å². The third-order valence-electron chi connectivity index (χ3n) is 6.74. The highest BCUT2D eigenvalue weighted by molar-refractivity contribution is 6.02. The van der Waals surface area contributed by atoms with Crippen molar-refractivity contribution in [2.75, 3.05) is 36.4 Å². The molecule has 0 spiro atoms. The van der Waals surface area contributed by atoms with Crippen LogP contribution in [0.5, 0.6) is 0 Å². The van der Waals surface area contributed by atoms with E-state index in [4.69, 9.17) is 0 Å². The van der Waals surface area contributed by atoms with E-state index in [9.17, 15) is 18.8 Å². The smallest absolute Gasteiger partial charge is 0.317 e. The Morgan fingerprint density at radius 3 is 2.24 bits per heavy atom. The Morgan fingerprint density at radius 1 is 0.973 bits per heavy atom. The molecule has 0 bridgehead atoms. The number of piperazine rings is 1.